The molecule has 0 N–H and O–H groups in total. The number of carbonyl (C=O) groups excluding carboxylic acids is 2. The molecule has 0 aromatic heterocycles. The van der Waals surface area contributed by atoms with E-state index in [9.17, 15) is 9.59 Å². The quantitative estimate of drug-likeness (QED) is 0.785. The number of likely N-dealkylation sites (tertiary alicyclic amines) is 1. The Bertz CT molecular complexity index is 458. The van der Waals surface area contributed by atoms with E-state index >= 15 is 0 Å². The number of piperazine rings is 1. The molecule has 1 aliphatic carbocycles. The van der Waals surface area contributed by atoms with Crippen molar-refractivity contribution >= 4 is 11.8 Å². The molecule has 2 saturated heterocycles. The highest BCUT2D eigenvalue weighted by atomic mass is 16.2. The highest BCUT2D eigenvalue weighted by Gasteiger charge is 2.30. The summed E-state index contributed by atoms with van der Waals surface area (Å²) in [6, 6.07) is 0. The molecule has 3 fully saturated rings. The van der Waals surface area contributed by atoms with Crippen molar-refractivity contribution in [3.63, 3.8) is 0 Å². The average molecular weight is 350 g/mol. The smallest absolute Gasteiger partial charge is 0.236 e. The van der Waals surface area contributed by atoms with E-state index in [2.05, 4.69) is 23.6 Å². The second-order valence-electron chi connectivity index (χ2n) is 8.68. The van der Waals surface area contributed by atoms with Gasteiger partial charge < -0.3 is 9.80 Å². The van der Waals surface area contributed by atoms with E-state index in [1.165, 1.54) is 25.7 Å². The van der Waals surface area contributed by atoms with Gasteiger partial charge in [0, 0.05) is 45.2 Å². The SMILES string of the molecule is CC1CC(C)CN(C(=O)CN2CCN(C(=O)C3CCCCC3)CC2)C1. The molecule has 0 aromatic carbocycles. The maximum Gasteiger partial charge on any atom is 0.236 e. The Labute approximate surface area is 152 Å². The van der Waals surface area contributed by atoms with Crippen LogP contribution in [0.1, 0.15) is 52.4 Å². The monoisotopic (exact) mass is 349 g/mol. The fraction of sp³-hybridized carbons (Fsp3) is 0.900. The standard InChI is InChI=1S/C20H35N3O2/c1-16-12-17(2)14-23(13-16)19(24)15-21-8-10-22(11-9-21)20(25)18-6-4-3-5-7-18/h16-18H,3-15H2,1-2H3. The first kappa shape index (κ1) is 18.7. The van der Waals surface area contributed by atoms with Gasteiger partial charge in [-0.25, -0.2) is 0 Å². The minimum absolute atomic E-state index is 0.262. The third-order valence-electron chi connectivity index (χ3n) is 6.22. The zero-order chi connectivity index (χ0) is 17.8. The topological polar surface area (TPSA) is 43.9 Å². The van der Waals surface area contributed by atoms with Gasteiger partial charge in [0.1, 0.15) is 0 Å². The van der Waals surface area contributed by atoms with Crippen molar-refractivity contribution in [3.8, 4) is 0 Å². The summed E-state index contributed by atoms with van der Waals surface area (Å²) in [5, 5.41) is 0. The first-order chi connectivity index (χ1) is 12.0. The number of hydrogen-bond donors (Lipinski definition) is 0. The molecule has 1 saturated carbocycles. The molecule has 2 aliphatic heterocycles. The summed E-state index contributed by atoms with van der Waals surface area (Å²) in [6.07, 6.45) is 7.07. The Balaban J connectivity index is 1.42. The Morgan fingerprint density at radius 3 is 2.04 bits per heavy atom. The minimum Gasteiger partial charge on any atom is -0.341 e. The van der Waals surface area contributed by atoms with Crippen LogP contribution in [0.5, 0.6) is 0 Å². The van der Waals surface area contributed by atoms with Gasteiger partial charge in [-0.05, 0) is 31.1 Å². The number of hydrogen-bond acceptors (Lipinski definition) is 3. The van der Waals surface area contributed by atoms with Crippen LogP contribution in [0.4, 0.5) is 0 Å². The Hall–Kier alpha value is -1.10. The van der Waals surface area contributed by atoms with Crippen molar-refractivity contribution in [1.82, 2.24) is 14.7 Å². The molecule has 2 unspecified atom stereocenters. The molecule has 2 atom stereocenters. The van der Waals surface area contributed by atoms with E-state index in [1.807, 2.05) is 4.90 Å². The Morgan fingerprint density at radius 1 is 0.840 bits per heavy atom. The van der Waals surface area contributed by atoms with E-state index in [1.54, 1.807) is 0 Å². The van der Waals surface area contributed by atoms with Crippen molar-refractivity contribution in [2.75, 3.05) is 45.8 Å². The second kappa shape index (κ2) is 8.52. The highest BCUT2D eigenvalue weighted by molar-refractivity contribution is 5.79. The van der Waals surface area contributed by atoms with Gasteiger partial charge >= 0.3 is 0 Å². The number of carbonyl (C=O) groups is 2. The maximum atomic E-state index is 12.6. The fourth-order valence-corrected chi connectivity index (χ4v) is 4.89. The average Bonchev–Trinajstić information content (AvgIpc) is 2.61. The van der Waals surface area contributed by atoms with E-state index in [0.717, 1.165) is 52.1 Å². The van der Waals surface area contributed by atoms with Gasteiger partial charge in [0.05, 0.1) is 6.54 Å². The van der Waals surface area contributed by atoms with Crippen LogP contribution in [0.25, 0.3) is 0 Å². The van der Waals surface area contributed by atoms with Crippen LogP contribution in [0.3, 0.4) is 0 Å². The second-order valence-corrected chi connectivity index (χ2v) is 8.68. The van der Waals surface area contributed by atoms with Crippen molar-refractivity contribution in [1.29, 1.82) is 0 Å². The van der Waals surface area contributed by atoms with Gasteiger partial charge in [0.2, 0.25) is 11.8 Å². The molecule has 0 aromatic rings. The molecule has 5 nitrogen and oxygen atoms in total. The number of piperidine rings is 1. The summed E-state index contributed by atoms with van der Waals surface area (Å²) in [7, 11) is 0. The largest absolute Gasteiger partial charge is 0.341 e. The predicted molar refractivity (Wildman–Crippen MR) is 99.1 cm³/mol. The van der Waals surface area contributed by atoms with Crippen LogP contribution >= 0.6 is 0 Å². The predicted octanol–water partition coefficient (Wildman–Crippen LogP) is 2.22. The van der Waals surface area contributed by atoms with Crippen LogP contribution in [-0.2, 0) is 9.59 Å². The van der Waals surface area contributed by atoms with Crippen molar-refractivity contribution in [3.05, 3.63) is 0 Å². The van der Waals surface area contributed by atoms with E-state index in [4.69, 9.17) is 0 Å². The molecule has 5 heteroatoms. The van der Waals surface area contributed by atoms with E-state index < -0.39 is 0 Å². The summed E-state index contributed by atoms with van der Waals surface area (Å²) >= 11 is 0. The Morgan fingerprint density at radius 2 is 1.44 bits per heavy atom. The lowest BCUT2D eigenvalue weighted by Crippen LogP contribution is -2.53. The minimum atomic E-state index is 0.262. The summed E-state index contributed by atoms with van der Waals surface area (Å²) in [5.41, 5.74) is 0. The fourth-order valence-electron chi connectivity index (χ4n) is 4.89. The van der Waals surface area contributed by atoms with Crippen LogP contribution in [0.2, 0.25) is 0 Å². The van der Waals surface area contributed by atoms with Crippen molar-refractivity contribution in [2.24, 2.45) is 17.8 Å². The first-order valence-corrected chi connectivity index (χ1v) is 10.3. The normalized spacial score (nSPS) is 29.7. The van der Waals surface area contributed by atoms with E-state index in [-0.39, 0.29) is 11.8 Å². The summed E-state index contributed by atoms with van der Waals surface area (Å²) < 4.78 is 0. The molecule has 142 valence electrons. The molecule has 3 aliphatic rings. The molecule has 0 spiro atoms. The summed E-state index contributed by atoms with van der Waals surface area (Å²) in [4.78, 5) is 31.6. The molecule has 2 amide bonds. The number of amides is 2. The molecule has 0 bridgehead atoms. The van der Waals surface area contributed by atoms with Crippen molar-refractivity contribution < 1.29 is 9.59 Å². The first-order valence-electron chi connectivity index (χ1n) is 10.3. The lowest BCUT2D eigenvalue weighted by Gasteiger charge is -2.39. The third kappa shape index (κ3) is 4.96. The van der Waals surface area contributed by atoms with Gasteiger partial charge in [0.15, 0.2) is 0 Å². The zero-order valence-electron chi connectivity index (χ0n) is 16.1. The van der Waals surface area contributed by atoms with Gasteiger partial charge in [-0.1, -0.05) is 33.1 Å². The lowest BCUT2D eigenvalue weighted by molar-refractivity contribution is -0.139. The van der Waals surface area contributed by atoms with Crippen LogP contribution in [0, 0.1) is 17.8 Å². The van der Waals surface area contributed by atoms with Crippen LogP contribution < -0.4 is 0 Å². The molecule has 3 rings (SSSR count). The van der Waals surface area contributed by atoms with Crippen molar-refractivity contribution in [2.45, 2.75) is 52.4 Å². The number of rotatable bonds is 3. The van der Waals surface area contributed by atoms with Gasteiger partial charge in [-0.15, -0.1) is 0 Å². The molecule has 0 radical (unpaired) electrons. The summed E-state index contributed by atoms with van der Waals surface area (Å²) in [6.45, 7) is 10.1. The molecular weight excluding hydrogens is 314 g/mol. The van der Waals surface area contributed by atoms with Gasteiger partial charge in [-0.2, -0.15) is 0 Å². The summed E-state index contributed by atoms with van der Waals surface area (Å²) in [5.74, 6) is 2.11. The van der Waals surface area contributed by atoms with Gasteiger partial charge in [0.25, 0.3) is 0 Å². The molecular formula is C20H35N3O2. The molecule has 25 heavy (non-hydrogen) atoms. The Kier molecular flexibility index (Phi) is 6.37. The van der Waals surface area contributed by atoms with Crippen LogP contribution in [0.15, 0.2) is 0 Å². The zero-order valence-corrected chi connectivity index (χ0v) is 16.1. The molecule has 2 heterocycles. The third-order valence-corrected chi connectivity index (χ3v) is 6.22. The number of nitrogens with zero attached hydrogens (tertiary/aromatic N) is 3. The lowest BCUT2D eigenvalue weighted by atomic mass is 9.88. The highest BCUT2D eigenvalue weighted by Crippen LogP contribution is 2.26. The van der Waals surface area contributed by atoms with E-state index in [0.29, 0.717) is 24.3 Å². The van der Waals surface area contributed by atoms with Crippen LogP contribution in [-0.4, -0.2) is 72.3 Å². The van der Waals surface area contributed by atoms with Gasteiger partial charge in [-0.3, -0.25) is 14.5 Å². The maximum absolute atomic E-state index is 12.6.